The van der Waals surface area contributed by atoms with Crippen molar-refractivity contribution < 1.29 is 4.90 Å². The molecule has 0 bridgehead atoms. The van der Waals surface area contributed by atoms with Crippen LogP contribution in [0.15, 0.2) is 42.1 Å². The van der Waals surface area contributed by atoms with Crippen molar-refractivity contribution >= 4 is 11.4 Å². The fraction of sp³-hybridized carbons (Fsp3) is 0.231. The number of nitrogens with one attached hydrogen (secondary N) is 1. The molecule has 0 spiro atoms. The molecule has 1 unspecified atom stereocenters. The number of para-hydroxylation sites is 1. The second kappa shape index (κ2) is 3.24. The van der Waals surface area contributed by atoms with E-state index in [0.29, 0.717) is 0 Å². The van der Waals surface area contributed by atoms with Crippen LogP contribution in [-0.2, 0) is 0 Å². The summed E-state index contributed by atoms with van der Waals surface area (Å²) in [7, 11) is 0. The van der Waals surface area contributed by atoms with Crippen molar-refractivity contribution in [2.45, 2.75) is 12.8 Å². The van der Waals surface area contributed by atoms with Crippen molar-refractivity contribution in [3.63, 3.8) is 0 Å². The van der Waals surface area contributed by atoms with Gasteiger partial charge in [-0.25, -0.2) is 0 Å². The van der Waals surface area contributed by atoms with Crippen LogP contribution in [0.25, 0.3) is 5.70 Å². The summed E-state index contributed by atoms with van der Waals surface area (Å²) in [4.78, 5) is 1.48. The SMILES string of the molecule is NC1=CC2=CCCC[NH+]2c2ccccc21. The van der Waals surface area contributed by atoms with E-state index in [1.807, 2.05) is 0 Å². The molecule has 3 rings (SSSR count). The molecule has 3 N–H and O–H groups in total. The Morgan fingerprint density at radius 2 is 2.07 bits per heavy atom. The Balaban J connectivity index is 2.20. The van der Waals surface area contributed by atoms with Crippen LogP contribution < -0.4 is 10.6 Å². The molecule has 1 atom stereocenters. The van der Waals surface area contributed by atoms with Gasteiger partial charge in [0.25, 0.3) is 0 Å². The first-order valence-corrected chi connectivity index (χ1v) is 5.49. The lowest BCUT2D eigenvalue weighted by Crippen LogP contribution is -3.06. The predicted octanol–water partition coefficient (Wildman–Crippen LogP) is 1.19. The van der Waals surface area contributed by atoms with E-state index in [2.05, 4.69) is 36.4 Å². The van der Waals surface area contributed by atoms with Crippen molar-refractivity contribution in [1.29, 1.82) is 0 Å². The van der Waals surface area contributed by atoms with Crippen LogP contribution >= 0.6 is 0 Å². The Kier molecular flexibility index (Phi) is 1.89. The molecule has 2 heteroatoms. The maximum Gasteiger partial charge on any atom is 0.145 e. The zero-order chi connectivity index (χ0) is 10.3. The van der Waals surface area contributed by atoms with E-state index in [-0.39, 0.29) is 0 Å². The molecule has 0 amide bonds. The number of fused-ring (bicyclic) bond motifs is 3. The van der Waals surface area contributed by atoms with E-state index in [1.165, 1.54) is 41.2 Å². The molecule has 1 aromatic rings. The van der Waals surface area contributed by atoms with Gasteiger partial charge in [0.15, 0.2) is 0 Å². The minimum atomic E-state index is 0.905. The molecule has 1 aromatic carbocycles. The smallest absolute Gasteiger partial charge is 0.145 e. The lowest BCUT2D eigenvalue weighted by Gasteiger charge is -2.28. The maximum absolute atomic E-state index is 6.06. The Morgan fingerprint density at radius 1 is 1.20 bits per heavy atom. The third-order valence-electron chi connectivity index (χ3n) is 3.22. The van der Waals surface area contributed by atoms with E-state index in [9.17, 15) is 0 Å². The molecule has 2 nitrogen and oxygen atoms in total. The fourth-order valence-corrected chi connectivity index (χ4v) is 2.48. The fourth-order valence-electron chi connectivity index (χ4n) is 2.48. The highest BCUT2D eigenvalue weighted by Gasteiger charge is 2.27. The largest absolute Gasteiger partial charge is 0.398 e. The van der Waals surface area contributed by atoms with Crippen LogP contribution in [0, 0.1) is 0 Å². The Hall–Kier alpha value is -1.54. The molecule has 2 aliphatic heterocycles. The molecule has 0 aliphatic carbocycles. The normalized spacial score (nSPS) is 23.6. The molecule has 0 radical (unpaired) electrons. The number of rotatable bonds is 0. The average molecular weight is 199 g/mol. The third-order valence-corrected chi connectivity index (χ3v) is 3.22. The van der Waals surface area contributed by atoms with Crippen LogP contribution in [0.1, 0.15) is 18.4 Å². The number of hydrogen-bond acceptors (Lipinski definition) is 1. The number of quaternary nitrogens is 1. The van der Waals surface area contributed by atoms with E-state index in [4.69, 9.17) is 5.73 Å². The number of allylic oxidation sites excluding steroid dienone is 2. The van der Waals surface area contributed by atoms with Gasteiger partial charge < -0.3 is 5.73 Å². The van der Waals surface area contributed by atoms with Gasteiger partial charge in [-0.2, -0.15) is 0 Å². The summed E-state index contributed by atoms with van der Waals surface area (Å²) in [5, 5.41) is 0. The predicted molar refractivity (Wildman–Crippen MR) is 61.4 cm³/mol. The Labute approximate surface area is 89.7 Å². The summed E-state index contributed by atoms with van der Waals surface area (Å²) in [5.74, 6) is 0. The summed E-state index contributed by atoms with van der Waals surface area (Å²) in [6, 6.07) is 8.44. The van der Waals surface area contributed by atoms with E-state index < -0.39 is 0 Å². The first-order chi connectivity index (χ1) is 7.36. The van der Waals surface area contributed by atoms with Gasteiger partial charge in [0.05, 0.1) is 17.8 Å². The molecule has 0 fully saturated rings. The first-order valence-electron chi connectivity index (χ1n) is 5.49. The van der Waals surface area contributed by atoms with Gasteiger partial charge in [0.1, 0.15) is 11.4 Å². The average Bonchev–Trinajstić information content (AvgIpc) is 2.30. The highest BCUT2D eigenvalue weighted by atomic mass is 15.2. The zero-order valence-electron chi connectivity index (χ0n) is 8.66. The molecule has 0 aromatic heterocycles. The van der Waals surface area contributed by atoms with Crippen molar-refractivity contribution in [3.05, 3.63) is 47.7 Å². The Bertz CT molecular complexity index is 457. The highest BCUT2D eigenvalue weighted by Crippen LogP contribution is 2.23. The summed E-state index contributed by atoms with van der Waals surface area (Å²) in [6.45, 7) is 1.19. The van der Waals surface area contributed by atoms with Crippen LogP contribution in [0.3, 0.4) is 0 Å². The van der Waals surface area contributed by atoms with E-state index in [0.717, 1.165) is 5.70 Å². The maximum atomic E-state index is 6.06. The first kappa shape index (κ1) is 8.74. The monoisotopic (exact) mass is 199 g/mol. The van der Waals surface area contributed by atoms with Crippen molar-refractivity contribution in [1.82, 2.24) is 0 Å². The number of nitrogens with two attached hydrogens (primary N) is 1. The minimum Gasteiger partial charge on any atom is -0.398 e. The quantitative estimate of drug-likeness (QED) is 0.646. The van der Waals surface area contributed by atoms with Gasteiger partial charge in [-0.3, -0.25) is 4.90 Å². The topological polar surface area (TPSA) is 30.5 Å². The van der Waals surface area contributed by atoms with Gasteiger partial charge in [-0.05, 0) is 18.6 Å². The molecule has 0 saturated carbocycles. The van der Waals surface area contributed by atoms with E-state index >= 15 is 0 Å². The molecule has 15 heavy (non-hydrogen) atoms. The summed E-state index contributed by atoms with van der Waals surface area (Å²) in [6.07, 6.45) is 6.88. The van der Waals surface area contributed by atoms with Gasteiger partial charge in [0, 0.05) is 18.6 Å². The minimum absolute atomic E-state index is 0.905. The van der Waals surface area contributed by atoms with Crippen molar-refractivity contribution in [2.24, 2.45) is 5.73 Å². The van der Waals surface area contributed by atoms with Gasteiger partial charge >= 0.3 is 0 Å². The highest BCUT2D eigenvalue weighted by molar-refractivity contribution is 5.74. The van der Waals surface area contributed by atoms with Crippen LogP contribution in [0.5, 0.6) is 0 Å². The molecule has 0 saturated heterocycles. The van der Waals surface area contributed by atoms with Crippen LogP contribution in [-0.4, -0.2) is 6.54 Å². The molecule has 2 aliphatic rings. The van der Waals surface area contributed by atoms with E-state index in [1.54, 1.807) is 0 Å². The van der Waals surface area contributed by atoms with Crippen LogP contribution in [0.4, 0.5) is 5.69 Å². The van der Waals surface area contributed by atoms with Crippen molar-refractivity contribution in [3.8, 4) is 0 Å². The third kappa shape index (κ3) is 1.29. The second-order valence-corrected chi connectivity index (χ2v) is 4.18. The summed E-state index contributed by atoms with van der Waals surface area (Å²) < 4.78 is 0. The lowest BCUT2D eigenvalue weighted by atomic mass is 9.99. The van der Waals surface area contributed by atoms with Gasteiger partial charge in [-0.15, -0.1) is 0 Å². The van der Waals surface area contributed by atoms with Gasteiger partial charge in [-0.1, -0.05) is 12.1 Å². The van der Waals surface area contributed by atoms with Gasteiger partial charge in [0.2, 0.25) is 0 Å². The number of hydrogen-bond donors (Lipinski definition) is 2. The molecular weight excluding hydrogens is 184 g/mol. The lowest BCUT2D eigenvalue weighted by molar-refractivity contribution is -0.790. The number of benzene rings is 1. The summed E-state index contributed by atoms with van der Waals surface area (Å²) >= 11 is 0. The molecule has 76 valence electrons. The standard InChI is InChI=1S/C13H14N2/c14-12-9-10-5-3-4-8-15(10)13-7-2-1-6-11(12)13/h1-2,5-7,9H,3-4,8,14H2/p+1. The van der Waals surface area contributed by atoms with Crippen LogP contribution in [0.2, 0.25) is 0 Å². The molecule has 2 heterocycles. The summed E-state index contributed by atoms with van der Waals surface area (Å²) in [5.41, 5.74) is 10.8. The van der Waals surface area contributed by atoms with Crippen molar-refractivity contribution in [2.75, 3.05) is 6.54 Å². The second-order valence-electron chi connectivity index (χ2n) is 4.18. The molecular formula is C13H15N2+. The Morgan fingerprint density at radius 3 is 3.00 bits per heavy atom. The zero-order valence-corrected chi connectivity index (χ0v) is 8.66.